The fourth-order valence-corrected chi connectivity index (χ4v) is 4.08. The monoisotopic (exact) mass is 447 g/mol. The Morgan fingerprint density at radius 1 is 1.06 bits per heavy atom. The zero-order chi connectivity index (χ0) is 22.9. The first kappa shape index (κ1) is 20.8. The number of nitrogens with zero attached hydrogens (tertiary/aromatic N) is 2. The number of carbonyl (C=O) groups is 1. The standard InChI is InChI=1S/C25H19F2N3O3/c1-32-24-17-7-4-6-15(14-9-10-18(26)19(27)13-14)22(17)29-30-23(24)25(31)28-20-11-12-33-21-8-3-2-5-16(20)21/h2-10,13,20H,11-12H2,1H3,(H,28,31)/t20-/m0/s1. The van der Waals surface area contributed by atoms with Gasteiger partial charge in [0.1, 0.15) is 11.3 Å². The number of nitrogens with one attached hydrogen (secondary N) is 1. The SMILES string of the molecule is COc1c(C(=O)N[C@H]2CCOc3ccccc32)nnc2c(-c3ccc(F)c(F)c3)cccc12. The van der Waals surface area contributed by atoms with Gasteiger partial charge in [-0.2, -0.15) is 0 Å². The number of rotatable bonds is 4. The smallest absolute Gasteiger partial charge is 0.276 e. The van der Waals surface area contributed by atoms with Crippen LogP contribution < -0.4 is 14.8 Å². The summed E-state index contributed by atoms with van der Waals surface area (Å²) in [5.74, 6) is -1.33. The topological polar surface area (TPSA) is 73.3 Å². The molecule has 0 unspecified atom stereocenters. The molecule has 0 bridgehead atoms. The number of benzene rings is 3. The molecular formula is C25H19F2N3O3. The van der Waals surface area contributed by atoms with E-state index in [0.29, 0.717) is 35.1 Å². The van der Waals surface area contributed by atoms with Crippen molar-refractivity contribution in [3.05, 3.63) is 83.6 Å². The number of halogens is 2. The summed E-state index contributed by atoms with van der Waals surface area (Å²) in [5, 5.41) is 11.9. The van der Waals surface area contributed by atoms with Crippen LogP contribution in [0.3, 0.4) is 0 Å². The van der Waals surface area contributed by atoms with Crippen LogP contribution in [0, 0.1) is 11.6 Å². The minimum absolute atomic E-state index is 0.0383. The highest BCUT2D eigenvalue weighted by Gasteiger charge is 2.26. The summed E-state index contributed by atoms with van der Waals surface area (Å²) in [6.07, 6.45) is 0.617. The average Bonchev–Trinajstić information content (AvgIpc) is 2.84. The first-order chi connectivity index (χ1) is 16.1. The van der Waals surface area contributed by atoms with E-state index >= 15 is 0 Å². The first-order valence-electron chi connectivity index (χ1n) is 10.4. The van der Waals surface area contributed by atoms with E-state index < -0.39 is 17.5 Å². The lowest BCUT2D eigenvalue weighted by atomic mass is 10.00. The zero-order valence-electron chi connectivity index (χ0n) is 17.6. The van der Waals surface area contributed by atoms with Crippen LogP contribution in [0.15, 0.2) is 60.7 Å². The number of hydrogen-bond acceptors (Lipinski definition) is 5. The van der Waals surface area contributed by atoms with Gasteiger partial charge in [-0.05, 0) is 29.8 Å². The van der Waals surface area contributed by atoms with Crippen LogP contribution in [-0.4, -0.2) is 29.8 Å². The average molecular weight is 447 g/mol. The Balaban J connectivity index is 1.53. The number of para-hydroxylation sites is 1. The molecule has 0 fully saturated rings. The van der Waals surface area contributed by atoms with Gasteiger partial charge < -0.3 is 14.8 Å². The maximum absolute atomic E-state index is 13.8. The molecule has 8 heteroatoms. The van der Waals surface area contributed by atoms with Crippen LogP contribution in [0.1, 0.15) is 28.5 Å². The van der Waals surface area contributed by atoms with Crippen molar-refractivity contribution >= 4 is 16.8 Å². The van der Waals surface area contributed by atoms with E-state index in [9.17, 15) is 13.6 Å². The number of methoxy groups -OCH3 is 1. The van der Waals surface area contributed by atoms with Gasteiger partial charge in [0, 0.05) is 22.9 Å². The third kappa shape index (κ3) is 3.73. The van der Waals surface area contributed by atoms with Crippen molar-refractivity contribution < 1.29 is 23.0 Å². The summed E-state index contributed by atoms with van der Waals surface area (Å²) in [5.41, 5.74) is 2.32. The molecule has 1 atom stereocenters. The number of hydrogen-bond donors (Lipinski definition) is 1. The highest BCUT2D eigenvalue weighted by Crippen LogP contribution is 2.35. The first-order valence-corrected chi connectivity index (χ1v) is 10.4. The quantitative estimate of drug-likeness (QED) is 0.485. The predicted molar refractivity (Wildman–Crippen MR) is 118 cm³/mol. The van der Waals surface area contributed by atoms with Crippen molar-refractivity contribution in [1.29, 1.82) is 0 Å². The van der Waals surface area contributed by atoms with Crippen LogP contribution in [0.2, 0.25) is 0 Å². The van der Waals surface area contributed by atoms with Crippen molar-refractivity contribution in [3.8, 4) is 22.6 Å². The lowest BCUT2D eigenvalue weighted by Crippen LogP contribution is -2.33. The van der Waals surface area contributed by atoms with E-state index in [-0.39, 0.29) is 17.5 Å². The number of fused-ring (bicyclic) bond motifs is 2. The molecule has 166 valence electrons. The number of aromatic nitrogens is 2. The van der Waals surface area contributed by atoms with Crippen molar-refractivity contribution in [2.45, 2.75) is 12.5 Å². The molecule has 1 N–H and O–H groups in total. The van der Waals surface area contributed by atoms with Crippen LogP contribution in [0.5, 0.6) is 11.5 Å². The maximum Gasteiger partial charge on any atom is 0.276 e. The molecular weight excluding hydrogens is 428 g/mol. The van der Waals surface area contributed by atoms with Crippen LogP contribution in [0.4, 0.5) is 8.78 Å². The molecule has 4 aromatic rings. The van der Waals surface area contributed by atoms with Gasteiger partial charge in [0.15, 0.2) is 23.1 Å². The van der Waals surface area contributed by atoms with Crippen molar-refractivity contribution in [2.75, 3.05) is 13.7 Å². The molecule has 6 nitrogen and oxygen atoms in total. The van der Waals surface area contributed by atoms with Crippen molar-refractivity contribution in [2.24, 2.45) is 0 Å². The van der Waals surface area contributed by atoms with E-state index in [0.717, 1.165) is 23.4 Å². The summed E-state index contributed by atoms with van der Waals surface area (Å²) in [6, 6.07) is 16.1. The van der Waals surface area contributed by atoms with E-state index in [1.54, 1.807) is 18.2 Å². The van der Waals surface area contributed by atoms with E-state index in [2.05, 4.69) is 15.5 Å². The Bertz CT molecular complexity index is 1380. The summed E-state index contributed by atoms with van der Waals surface area (Å²) >= 11 is 0. The van der Waals surface area contributed by atoms with Gasteiger partial charge >= 0.3 is 0 Å². The molecule has 3 aromatic carbocycles. The molecule has 0 saturated heterocycles. The molecule has 1 amide bonds. The molecule has 0 saturated carbocycles. The molecule has 1 aliphatic rings. The number of ether oxygens (including phenoxy) is 2. The highest BCUT2D eigenvalue weighted by atomic mass is 19.2. The van der Waals surface area contributed by atoms with Gasteiger partial charge in [-0.15, -0.1) is 10.2 Å². The summed E-state index contributed by atoms with van der Waals surface area (Å²) in [6.45, 7) is 0.486. The maximum atomic E-state index is 13.8. The van der Waals surface area contributed by atoms with E-state index in [1.807, 2.05) is 24.3 Å². The lowest BCUT2D eigenvalue weighted by Gasteiger charge is -2.26. The van der Waals surface area contributed by atoms with E-state index in [1.165, 1.54) is 13.2 Å². The Hall–Kier alpha value is -4.07. The second-order valence-corrected chi connectivity index (χ2v) is 7.61. The Labute approximate surface area is 188 Å². The molecule has 0 radical (unpaired) electrons. The Morgan fingerprint density at radius 2 is 1.91 bits per heavy atom. The van der Waals surface area contributed by atoms with Gasteiger partial charge in [-0.3, -0.25) is 4.79 Å². The molecule has 5 rings (SSSR count). The third-order valence-electron chi connectivity index (χ3n) is 5.66. The summed E-state index contributed by atoms with van der Waals surface area (Å²) in [7, 11) is 1.45. The zero-order valence-corrected chi connectivity index (χ0v) is 17.6. The van der Waals surface area contributed by atoms with Crippen LogP contribution >= 0.6 is 0 Å². The predicted octanol–water partition coefficient (Wildman–Crippen LogP) is 4.84. The normalized spacial score (nSPS) is 14.9. The fraction of sp³-hybridized carbons (Fsp3) is 0.160. The fourth-order valence-electron chi connectivity index (χ4n) is 4.08. The Kier molecular flexibility index (Phi) is 5.34. The molecule has 33 heavy (non-hydrogen) atoms. The van der Waals surface area contributed by atoms with Gasteiger partial charge in [-0.25, -0.2) is 8.78 Å². The van der Waals surface area contributed by atoms with Gasteiger partial charge in [-0.1, -0.05) is 36.4 Å². The van der Waals surface area contributed by atoms with Crippen molar-refractivity contribution in [1.82, 2.24) is 15.5 Å². The second kappa shape index (κ2) is 8.46. The largest absolute Gasteiger partial charge is 0.493 e. The Morgan fingerprint density at radius 3 is 2.73 bits per heavy atom. The van der Waals surface area contributed by atoms with Gasteiger partial charge in [0.05, 0.1) is 19.8 Å². The molecule has 0 aliphatic carbocycles. The molecule has 0 spiro atoms. The molecule has 1 aliphatic heterocycles. The van der Waals surface area contributed by atoms with Crippen LogP contribution in [-0.2, 0) is 0 Å². The highest BCUT2D eigenvalue weighted by molar-refractivity contribution is 6.04. The minimum Gasteiger partial charge on any atom is -0.493 e. The molecule has 1 aromatic heterocycles. The second-order valence-electron chi connectivity index (χ2n) is 7.61. The number of carbonyl (C=O) groups excluding carboxylic acids is 1. The van der Waals surface area contributed by atoms with Gasteiger partial charge in [0.25, 0.3) is 5.91 Å². The number of amides is 1. The summed E-state index contributed by atoms with van der Waals surface area (Å²) in [4.78, 5) is 13.2. The van der Waals surface area contributed by atoms with Crippen LogP contribution in [0.25, 0.3) is 22.0 Å². The third-order valence-corrected chi connectivity index (χ3v) is 5.66. The molecule has 2 heterocycles. The van der Waals surface area contributed by atoms with Crippen molar-refractivity contribution in [3.63, 3.8) is 0 Å². The summed E-state index contributed by atoms with van der Waals surface area (Å²) < 4.78 is 38.4. The lowest BCUT2D eigenvalue weighted by molar-refractivity contribution is 0.0915. The van der Waals surface area contributed by atoms with E-state index in [4.69, 9.17) is 9.47 Å². The van der Waals surface area contributed by atoms with Gasteiger partial charge in [0.2, 0.25) is 0 Å². The minimum atomic E-state index is -0.961.